The Morgan fingerprint density at radius 2 is 1.00 bits per heavy atom. The third-order valence-electron chi connectivity index (χ3n) is 5.12. The maximum absolute atomic E-state index is 3.58. The number of rotatable bonds is 3. The summed E-state index contributed by atoms with van der Waals surface area (Å²) in [6.07, 6.45) is 0. The van der Waals surface area contributed by atoms with Gasteiger partial charge < -0.3 is 0 Å². The molecule has 0 aliphatic heterocycles. The Morgan fingerprint density at radius 1 is 0.577 bits per heavy atom. The molecule has 2 aromatic rings. The van der Waals surface area contributed by atoms with Gasteiger partial charge in [0.1, 0.15) is 0 Å². The van der Waals surface area contributed by atoms with Gasteiger partial charge in [0.15, 0.2) is 0 Å². The molecule has 0 aliphatic rings. The first-order valence-corrected chi connectivity index (χ1v) is 9.89. The molecule has 0 radical (unpaired) electrons. The summed E-state index contributed by atoms with van der Waals surface area (Å²) < 4.78 is 0. The molecule has 26 heavy (non-hydrogen) atoms. The maximum Gasteiger partial charge on any atom is 0.0318 e. The Morgan fingerprint density at radius 3 is 1.38 bits per heavy atom. The number of aryl methyl sites for hydroxylation is 3. The van der Waals surface area contributed by atoms with Crippen molar-refractivity contribution in [1.29, 1.82) is 0 Å². The normalized spacial score (nSPS) is 11.2. The van der Waals surface area contributed by atoms with Crippen LogP contribution in [0.25, 0.3) is 0 Å². The van der Waals surface area contributed by atoms with Crippen LogP contribution in [0.4, 0.5) is 0 Å². The summed E-state index contributed by atoms with van der Waals surface area (Å²) in [5.41, 5.74) is 10.4. The fourth-order valence-electron chi connectivity index (χ4n) is 3.60. The zero-order chi connectivity index (χ0) is 19.6. The minimum Gasteiger partial charge on any atom is -0.0611 e. The van der Waals surface area contributed by atoms with E-state index in [2.05, 4.69) is 98.4 Å². The van der Waals surface area contributed by atoms with Crippen molar-refractivity contribution in [1.82, 2.24) is 0 Å². The lowest BCUT2D eigenvalue weighted by molar-refractivity contribution is 0.800. The molecule has 0 spiro atoms. The average Bonchev–Trinajstić information content (AvgIpc) is 2.52. The molecule has 0 atom stereocenters. The molecule has 0 unspecified atom stereocenters. The third-order valence-corrected chi connectivity index (χ3v) is 5.12. The summed E-state index contributed by atoms with van der Waals surface area (Å²) in [6, 6.07) is 9.21. The van der Waals surface area contributed by atoms with Crippen LogP contribution in [0, 0.1) is 32.6 Å². The van der Waals surface area contributed by atoms with Gasteiger partial charge in [-0.05, 0) is 66.3 Å². The van der Waals surface area contributed by atoms with Gasteiger partial charge in [0, 0.05) is 11.1 Å². The molecule has 0 N–H and O–H groups in total. The highest BCUT2D eigenvalue weighted by atomic mass is 14.2. The predicted molar refractivity (Wildman–Crippen MR) is 115 cm³/mol. The standard InChI is InChI=1S/C26H34/c1-16(2)22-14-25(17(3)4)24(26(15-22)18(5)6)11-10-23-20(8)12-19(7)13-21(23)9/h12-18H,1-9H3. The molecule has 0 aliphatic carbocycles. The van der Waals surface area contributed by atoms with Gasteiger partial charge in [-0.2, -0.15) is 0 Å². The predicted octanol–water partition coefficient (Wildman–Crippen LogP) is 7.38. The van der Waals surface area contributed by atoms with Crippen molar-refractivity contribution in [2.45, 2.75) is 80.1 Å². The maximum atomic E-state index is 3.58. The molecule has 2 aromatic carbocycles. The smallest absolute Gasteiger partial charge is 0.0318 e. The van der Waals surface area contributed by atoms with E-state index in [0.29, 0.717) is 17.8 Å². The van der Waals surface area contributed by atoms with Gasteiger partial charge in [-0.3, -0.25) is 0 Å². The van der Waals surface area contributed by atoms with E-state index in [9.17, 15) is 0 Å². The lowest BCUT2D eigenvalue weighted by Gasteiger charge is -2.20. The van der Waals surface area contributed by atoms with Crippen molar-refractivity contribution >= 4 is 0 Å². The Kier molecular flexibility index (Phi) is 6.35. The second kappa shape index (κ2) is 8.13. The summed E-state index contributed by atoms with van der Waals surface area (Å²) >= 11 is 0. The molecule has 0 saturated carbocycles. The number of benzene rings is 2. The molecule has 0 bridgehead atoms. The van der Waals surface area contributed by atoms with Crippen LogP contribution in [-0.4, -0.2) is 0 Å². The zero-order valence-corrected chi connectivity index (χ0v) is 18.0. The van der Waals surface area contributed by atoms with Crippen LogP contribution in [0.5, 0.6) is 0 Å². The van der Waals surface area contributed by atoms with Crippen LogP contribution in [0.2, 0.25) is 0 Å². The monoisotopic (exact) mass is 346 g/mol. The van der Waals surface area contributed by atoms with Gasteiger partial charge in [0.25, 0.3) is 0 Å². The molecular formula is C26H34. The molecule has 0 amide bonds. The molecule has 0 heterocycles. The van der Waals surface area contributed by atoms with E-state index in [0.717, 1.165) is 0 Å². The lowest BCUT2D eigenvalue weighted by atomic mass is 9.84. The Hall–Kier alpha value is -2.00. The molecule has 2 rings (SSSR count). The second-order valence-corrected chi connectivity index (χ2v) is 8.56. The first-order chi connectivity index (χ1) is 12.1. The van der Waals surface area contributed by atoms with Gasteiger partial charge in [0.05, 0.1) is 0 Å². The first kappa shape index (κ1) is 20.3. The van der Waals surface area contributed by atoms with Crippen LogP contribution < -0.4 is 0 Å². The largest absolute Gasteiger partial charge is 0.0611 e. The van der Waals surface area contributed by atoms with Crippen LogP contribution in [-0.2, 0) is 0 Å². The number of hydrogen-bond donors (Lipinski definition) is 0. The Labute approximate surface area is 161 Å². The molecule has 138 valence electrons. The van der Waals surface area contributed by atoms with Crippen molar-refractivity contribution in [3.8, 4) is 11.8 Å². The van der Waals surface area contributed by atoms with E-state index in [1.807, 2.05) is 0 Å². The molecule has 0 nitrogen and oxygen atoms in total. The molecular weight excluding hydrogens is 312 g/mol. The van der Waals surface area contributed by atoms with Crippen LogP contribution >= 0.6 is 0 Å². The van der Waals surface area contributed by atoms with E-state index in [1.165, 1.54) is 44.5 Å². The molecule has 0 fully saturated rings. The Balaban J connectivity index is 2.71. The number of hydrogen-bond acceptors (Lipinski definition) is 0. The quantitative estimate of drug-likeness (QED) is 0.508. The van der Waals surface area contributed by atoms with Crippen LogP contribution in [0.1, 0.15) is 104 Å². The van der Waals surface area contributed by atoms with Crippen molar-refractivity contribution in [3.63, 3.8) is 0 Å². The van der Waals surface area contributed by atoms with Crippen molar-refractivity contribution in [2.75, 3.05) is 0 Å². The summed E-state index contributed by atoms with van der Waals surface area (Å²) in [6.45, 7) is 20.1. The van der Waals surface area contributed by atoms with Crippen LogP contribution in [0.15, 0.2) is 24.3 Å². The van der Waals surface area contributed by atoms with Crippen molar-refractivity contribution < 1.29 is 0 Å². The topological polar surface area (TPSA) is 0 Å². The van der Waals surface area contributed by atoms with Gasteiger partial charge in [0.2, 0.25) is 0 Å². The van der Waals surface area contributed by atoms with Gasteiger partial charge in [-0.15, -0.1) is 0 Å². The van der Waals surface area contributed by atoms with Crippen molar-refractivity contribution in [3.05, 3.63) is 68.8 Å². The van der Waals surface area contributed by atoms with Gasteiger partial charge in [-0.1, -0.05) is 83.2 Å². The highest BCUT2D eigenvalue weighted by Crippen LogP contribution is 2.31. The summed E-state index contributed by atoms with van der Waals surface area (Å²) in [7, 11) is 0. The van der Waals surface area contributed by atoms with E-state index >= 15 is 0 Å². The summed E-state index contributed by atoms with van der Waals surface area (Å²) in [4.78, 5) is 0. The molecule has 0 aromatic heterocycles. The lowest BCUT2D eigenvalue weighted by Crippen LogP contribution is -2.04. The minimum absolute atomic E-state index is 0.468. The fourth-order valence-corrected chi connectivity index (χ4v) is 3.60. The molecule has 0 saturated heterocycles. The summed E-state index contributed by atoms with van der Waals surface area (Å²) in [5, 5.41) is 0. The average molecular weight is 347 g/mol. The van der Waals surface area contributed by atoms with E-state index in [-0.39, 0.29) is 0 Å². The highest BCUT2D eigenvalue weighted by Gasteiger charge is 2.16. The van der Waals surface area contributed by atoms with Crippen LogP contribution in [0.3, 0.4) is 0 Å². The van der Waals surface area contributed by atoms with Crippen molar-refractivity contribution in [2.24, 2.45) is 0 Å². The first-order valence-electron chi connectivity index (χ1n) is 9.89. The zero-order valence-electron chi connectivity index (χ0n) is 18.0. The minimum atomic E-state index is 0.468. The Bertz CT molecular complexity index is 799. The van der Waals surface area contributed by atoms with E-state index in [1.54, 1.807) is 0 Å². The fraction of sp³-hybridized carbons (Fsp3) is 0.462. The molecule has 0 heteroatoms. The van der Waals surface area contributed by atoms with Gasteiger partial charge in [-0.25, -0.2) is 0 Å². The van der Waals surface area contributed by atoms with Gasteiger partial charge >= 0.3 is 0 Å². The SMILES string of the molecule is Cc1cc(C)c(C#Cc2c(C(C)C)cc(C(C)C)cc2C(C)C)c(C)c1. The second-order valence-electron chi connectivity index (χ2n) is 8.56. The highest BCUT2D eigenvalue weighted by molar-refractivity contribution is 5.57. The summed E-state index contributed by atoms with van der Waals surface area (Å²) in [5.74, 6) is 8.56. The van der Waals surface area contributed by atoms with E-state index in [4.69, 9.17) is 0 Å². The van der Waals surface area contributed by atoms with E-state index < -0.39 is 0 Å². The third kappa shape index (κ3) is 4.39.